The number of aldehydes is 1. The molecule has 0 radical (unpaired) electrons. The van der Waals surface area contributed by atoms with Crippen LogP contribution in [0.4, 0.5) is 4.39 Å². The van der Waals surface area contributed by atoms with E-state index < -0.39 is 17.3 Å². The lowest BCUT2D eigenvalue weighted by molar-refractivity contribution is 0.0993. The summed E-state index contributed by atoms with van der Waals surface area (Å²) >= 11 is 0. The molecule has 0 atom stereocenters. The van der Waals surface area contributed by atoms with E-state index in [-0.39, 0.29) is 17.4 Å². The van der Waals surface area contributed by atoms with Gasteiger partial charge in [0, 0.05) is 5.56 Å². The predicted molar refractivity (Wildman–Crippen MR) is 45.0 cm³/mol. The van der Waals surface area contributed by atoms with Crippen LogP contribution in [-0.4, -0.2) is 12.2 Å². The highest BCUT2D eigenvalue weighted by Crippen LogP contribution is 2.15. The highest BCUT2D eigenvalue weighted by molar-refractivity contribution is 6.01. The molecule has 0 aliphatic carbocycles. The zero-order valence-corrected chi connectivity index (χ0v) is 6.95. The number of hydrogen-bond donors (Lipinski definition) is 1. The van der Waals surface area contributed by atoms with Crippen molar-refractivity contribution in [3.63, 3.8) is 0 Å². The molecule has 0 aliphatic heterocycles. The number of nitrogens with two attached hydrogens (primary N) is 1. The lowest BCUT2D eigenvalue weighted by Gasteiger charge is -2.02. The number of carbonyl (C=O) groups is 2. The summed E-state index contributed by atoms with van der Waals surface area (Å²) in [5, 5.41) is 8.54. The third kappa shape index (κ3) is 1.45. The van der Waals surface area contributed by atoms with Crippen molar-refractivity contribution in [2.75, 3.05) is 0 Å². The lowest BCUT2D eigenvalue weighted by Crippen LogP contribution is -2.15. The molecule has 14 heavy (non-hydrogen) atoms. The van der Waals surface area contributed by atoms with E-state index in [0.29, 0.717) is 0 Å². The average molecular weight is 192 g/mol. The molecule has 0 aliphatic rings. The van der Waals surface area contributed by atoms with Crippen molar-refractivity contribution >= 4 is 12.2 Å². The van der Waals surface area contributed by atoms with Gasteiger partial charge in [-0.1, -0.05) is 0 Å². The minimum Gasteiger partial charge on any atom is -0.366 e. The van der Waals surface area contributed by atoms with Gasteiger partial charge in [-0.2, -0.15) is 5.26 Å². The molecule has 1 aromatic carbocycles. The standard InChI is InChI=1S/C9H5FN2O2/c10-8-2-1-5(9(12)14)7(4-13)6(8)3-11/h1-2,4H,(H2,12,14). The number of carbonyl (C=O) groups excluding carboxylic acids is 2. The lowest BCUT2D eigenvalue weighted by atomic mass is 10.0. The van der Waals surface area contributed by atoms with E-state index in [0.717, 1.165) is 12.1 Å². The van der Waals surface area contributed by atoms with Crippen molar-refractivity contribution in [2.45, 2.75) is 0 Å². The maximum Gasteiger partial charge on any atom is 0.249 e. The second kappa shape index (κ2) is 3.66. The number of hydrogen-bond acceptors (Lipinski definition) is 3. The number of halogens is 1. The summed E-state index contributed by atoms with van der Waals surface area (Å²) in [6, 6.07) is 3.49. The molecule has 2 N–H and O–H groups in total. The molecule has 1 rings (SSSR count). The molecule has 4 nitrogen and oxygen atoms in total. The van der Waals surface area contributed by atoms with Gasteiger partial charge in [0.15, 0.2) is 6.29 Å². The first-order valence-corrected chi connectivity index (χ1v) is 3.59. The van der Waals surface area contributed by atoms with Gasteiger partial charge in [-0.05, 0) is 12.1 Å². The summed E-state index contributed by atoms with van der Waals surface area (Å²) in [5.74, 6) is -1.72. The van der Waals surface area contributed by atoms with Crippen LogP contribution < -0.4 is 5.73 Å². The summed E-state index contributed by atoms with van der Waals surface area (Å²) < 4.78 is 12.9. The summed E-state index contributed by atoms with van der Waals surface area (Å²) in [7, 11) is 0. The highest BCUT2D eigenvalue weighted by Gasteiger charge is 2.15. The van der Waals surface area contributed by atoms with E-state index in [2.05, 4.69) is 0 Å². The summed E-state index contributed by atoms with van der Waals surface area (Å²) in [4.78, 5) is 21.3. The molecule has 5 heteroatoms. The number of primary amides is 1. The fraction of sp³-hybridized carbons (Fsp3) is 0. The fourth-order valence-corrected chi connectivity index (χ4v) is 1.04. The molecule has 0 fully saturated rings. The van der Waals surface area contributed by atoms with Crippen molar-refractivity contribution in [1.82, 2.24) is 0 Å². The van der Waals surface area contributed by atoms with Crippen LogP contribution in [0.1, 0.15) is 26.3 Å². The molecule has 0 saturated heterocycles. The van der Waals surface area contributed by atoms with Crippen LogP contribution in [0.2, 0.25) is 0 Å². The van der Waals surface area contributed by atoms with E-state index in [9.17, 15) is 14.0 Å². The van der Waals surface area contributed by atoms with Gasteiger partial charge in [0.1, 0.15) is 11.9 Å². The summed E-state index contributed by atoms with van der Waals surface area (Å²) in [6.45, 7) is 0. The van der Waals surface area contributed by atoms with E-state index in [4.69, 9.17) is 11.0 Å². The number of amides is 1. The van der Waals surface area contributed by atoms with E-state index in [1.807, 2.05) is 0 Å². The quantitative estimate of drug-likeness (QED) is 0.696. The van der Waals surface area contributed by atoms with Crippen LogP contribution in [0.25, 0.3) is 0 Å². The maximum absolute atomic E-state index is 12.9. The van der Waals surface area contributed by atoms with Crippen LogP contribution in [0.5, 0.6) is 0 Å². The number of nitrogens with zero attached hydrogens (tertiary/aromatic N) is 1. The fourth-order valence-electron chi connectivity index (χ4n) is 1.04. The largest absolute Gasteiger partial charge is 0.366 e. The summed E-state index contributed by atoms with van der Waals surface area (Å²) in [6.07, 6.45) is 0.238. The van der Waals surface area contributed by atoms with Gasteiger partial charge in [0.05, 0.1) is 11.1 Å². The smallest absolute Gasteiger partial charge is 0.249 e. The van der Waals surface area contributed by atoms with E-state index >= 15 is 0 Å². The van der Waals surface area contributed by atoms with Gasteiger partial charge in [-0.15, -0.1) is 0 Å². The number of benzene rings is 1. The van der Waals surface area contributed by atoms with Crippen molar-refractivity contribution in [3.8, 4) is 6.07 Å². The minimum absolute atomic E-state index is 0.155. The number of rotatable bonds is 2. The Morgan fingerprint density at radius 1 is 1.57 bits per heavy atom. The van der Waals surface area contributed by atoms with Crippen LogP contribution in [0, 0.1) is 17.1 Å². The second-order valence-corrected chi connectivity index (χ2v) is 2.48. The predicted octanol–water partition coefficient (Wildman–Crippen LogP) is 0.609. The van der Waals surface area contributed by atoms with Crippen molar-refractivity contribution in [1.29, 1.82) is 5.26 Å². The molecular formula is C9H5FN2O2. The van der Waals surface area contributed by atoms with Crippen molar-refractivity contribution < 1.29 is 14.0 Å². The Kier molecular flexibility index (Phi) is 2.58. The maximum atomic E-state index is 12.9. The molecule has 0 saturated carbocycles. The Morgan fingerprint density at radius 3 is 2.64 bits per heavy atom. The van der Waals surface area contributed by atoms with Crippen LogP contribution in [0.15, 0.2) is 12.1 Å². The third-order valence-electron chi connectivity index (χ3n) is 1.69. The van der Waals surface area contributed by atoms with Crippen LogP contribution >= 0.6 is 0 Å². The van der Waals surface area contributed by atoms with Gasteiger partial charge in [0.2, 0.25) is 5.91 Å². The first-order chi connectivity index (χ1) is 6.61. The van der Waals surface area contributed by atoms with Crippen molar-refractivity contribution in [2.24, 2.45) is 5.73 Å². The van der Waals surface area contributed by atoms with Crippen LogP contribution in [-0.2, 0) is 0 Å². The number of nitriles is 1. The first kappa shape index (κ1) is 9.86. The molecule has 0 heterocycles. The molecule has 1 aromatic rings. The molecular weight excluding hydrogens is 187 g/mol. The monoisotopic (exact) mass is 192 g/mol. The molecule has 0 aromatic heterocycles. The zero-order chi connectivity index (χ0) is 10.7. The van der Waals surface area contributed by atoms with E-state index in [1.54, 1.807) is 0 Å². The Hall–Kier alpha value is -2.22. The van der Waals surface area contributed by atoms with Gasteiger partial charge < -0.3 is 5.73 Å². The van der Waals surface area contributed by atoms with Gasteiger partial charge in [-0.25, -0.2) is 4.39 Å². The SMILES string of the molecule is N#Cc1c(F)ccc(C(N)=O)c1C=O. The Morgan fingerprint density at radius 2 is 2.21 bits per heavy atom. The summed E-state index contributed by atoms with van der Waals surface area (Å²) in [5.41, 5.74) is 4.01. The molecule has 70 valence electrons. The molecule has 0 bridgehead atoms. The van der Waals surface area contributed by atoms with Gasteiger partial charge >= 0.3 is 0 Å². The molecule has 0 unspecified atom stereocenters. The normalized spacial score (nSPS) is 9.14. The topological polar surface area (TPSA) is 83.9 Å². The second-order valence-electron chi connectivity index (χ2n) is 2.48. The van der Waals surface area contributed by atoms with Crippen LogP contribution in [0.3, 0.4) is 0 Å². The first-order valence-electron chi connectivity index (χ1n) is 3.59. The Balaban J connectivity index is 3.58. The van der Waals surface area contributed by atoms with Gasteiger partial charge in [0.25, 0.3) is 0 Å². The zero-order valence-electron chi connectivity index (χ0n) is 6.95. The van der Waals surface area contributed by atoms with E-state index in [1.165, 1.54) is 6.07 Å². The Labute approximate surface area is 78.7 Å². The Bertz CT molecular complexity index is 449. The van der Waals surface area contributed by atoms with Gasteiger partial charge in [-0.3, -0.25) is 9.59 Å². The molecule has 1 amide bonds. The van der Waals surface area contributed by atoms with Crippen molar-refractivity contribution in [3.05, 3.63) is 34.6 Å². The average Bonchev–Trinajstić information content (AvgIpc) is 2.16. The third-order valence-corrected chi connectivity index (χ3v) is 1.69. The minimum atomic E-state index is -0.872. The molecule has 0 spiro atoms. The highest BCUT2D eigenvalue weighted by atomic mass is 19.1.